The Morgan fingerprint density at radius 2 is 1.74 bits per heavy atom. The fourth-order valence-corrected chi connectivity index (χ4v) is 7.74. The van der Waals surface area contributed by atoms with Crippen LogP contribution >= 0.6 is 11.6 Å². The highest BCUT2D eigenvalue weighted by atomic mass is 35.5. The van der Waals surface area contributed by atoms with Gasteiger partial charge in [-0.15, -0.1) is 14.3 Å². The van der Waals surface area contributed by atoms with Crippen LogP contribution in [0.2, 0.25) is 5.02 Å². The predicted octanol–water partition coefficient (Wildman–Crippen LogP) is 5.33. The molecule has 0 radical (unpaired) electrons. The summed E-state index contributed by atoms with van der Waals surface area (Å²) in [7, 11) is 1.56. The number of rotatable bonds is 13. The molecule has 0 spiro atoms. The van der Waals surface area contributed by atoms with Gasteiger partial charge < -0.3 is 34.9 Å². The lowest BCUT2D eigenvalue weighted by Gasteiger charge is -2.16. The Balaban J connectivity index is 1.14. The summed E-state index contributed by atoms with van der Waals surface area (Å²) in [6, 6.07) is 3.07. The van der Waals surface area contributed by atoms with E-state index in [1.165, 1.54) is 6.20 Å². The average Bonchev–Trinajstić information content (AvgIpc) is 4.07. The van der Waals surface area contributed by atoms with Gasteiger partial charge in [-0.25, -0.2) is 38.0 Å². The molecule has 1 saturated heterocycles. The van der Waals surface area contributed by atoms with E-state index in [4.69, 9.17) is 40.6 Å². The number of hydrogen-bond acceptors (Lipinski definition) is 13. The third kappa shape index (κ3) is 8.46. The smallest absolute Gasteiger partial charge is 0.407 e. The minimum atomic E-state index is -1.65. The van der Waals surface area contributed by atoms with Crippen LogP contribution in [0.5, 0.6) is 0 Å². The number of alkyl carbamates (subject to hydrolysis) is 2. The molecule has 61 heavy (non-hydrogen) atoms. The van der Waals surface area contributed by atoms with Crippen molar-refractivity contribution >= 4 is 58.1 Å². The zero-order chi connectivity index (χ0) is 43.1. The van der Waals surface area contributed by atoms with E-state index in [0.717, 1.165) is 5.56 Å². The molecule has 6 aromatic rings. The summed E-state index contributed by atoms with van der Waals surface area (Å²) in [5, 5.41) is 32.0. The molecule has 6 N–H and O–H groups in total. The zero-order valence-electron chi connectivity index (χ0n) is 34.1. The molecule has 324 valence electrons. The standard InChI is InChI=1S/C38H45ClF2N14O6/c1-17(2)45-37(56)60-26-10-20(9-22(26)40)23-12-29(48-36-33-21(39)13-44-53(33)8-7-42-36)54(51-23)30-14-43-35(32-19(5)25(15-58-6)52-55(30)32)47-28-11-24(49-50-28)34-31(41)27(16-59-34)61-38(57)46-18(3)4/h7-8,11-14,17-18,20,22,26-27,31,34H,9-10,15-16H2,1-6H3,(H5,42,43,44,45,46,47,48,49,50,51,52,56,57)/p+1/t20-,22+,26-,27-,31+,34-/m0/s1. The van der Waals surface area contributed by atoms with Gasteiger partial charge in [0.05, 0.1) is 35.8 Å². The van der Waals surface area contributed by atoms with E-state index in [-0.39, 0.29) is 44.1 Å². The van der Waals surface area contributed by atoms with Gasteiger partial charge in [0.1, 0.15) is 35.8 Å². The fraction of sp³-hybridized carbons (Fsp3) is 0.474. The maximum atomic E-state index is 15.5. The second-order valence-corrected chi connectivity index (χ2v) is 16.0. The third-order valence-electron chi connectivity index (χ3n) is 10.3. The topological polar surface area (TPSA) is 228 Å². The highest BCUT2D eigenvalue weighted by Crippen LogP contribution is 2.39. The number of amides is 2. The number of H-pyrrole nitrogens is 2. The number of ether oxygens (including phenoxy) is 4. The van der Waals surface area contributed by atoms with E-state index in [0.29, 0.717) is 62.2 Å². The van der Waals surface area contributed by atoms with E-state index in [1.807, 2.05) is 13.0 Å². The second-order valence-electron chi connectivity index (χ2n) is 15.6. The second kappa shape index (κ2) is 17.1. The molecular weight excluding hydrogens is 822 g/mol. The summed E-state index contributed by atoms with van der Waals surface area (Å²) < 4.78 is 57.9. The van der Waals surface area contributed by atoms with E-state index in [1.54, 1.807) is 73.2 Å². The lowest BCUT2D eigenvalue weighted by atomic mass is 10.0. The van der Waals surface area contributed by atoms with Crippen LogP contribution in [-0.2, 0) is 25.6 Å². The van der Waals surface area contributed by atoms with E-state index in [9.17, 15) is 9.59 Å². The number of carbonyl (C=O) groups excluding carboxylic acids is 2. The number of nitrogens with zero attached hydrogens (tertiary/aromatic N) is 8. The van der Waals surface area contributed by atoms with Gasteiger partial charge in [-0.3, -0.25) is 10.4 Å². The summed E-state index contributed by atoms with van der Waals surface area (Å²) >= 11 is 6.55. The van der Waals surface area contributed by atoms with Gasteiger partial charge in [0.15, 0.2) is 29.4 Å². The van der Waals surface area contributed by atoms with Gasteiger partial charge in [-0.1, -0.05) is 11.6 Å². The van der Waals surface area contributed by atoms with Crippen molar-refractivity contribution in [1.82, 2.24) is 55.1 Å². The first kappa shape index (κ1) is 41.6. The zero-order valence-corrected chi connectivity index (χ0v) is 34.8. The van der Waals surface area contributed by atoms with Crippen LogP contribution in [-0.4, -0.2) is 107 Å². The molecule has 7 heterocycles. The summed E-state index contributed by atoms with van der Waals surface area (Å²) in [6.07, 6.45) is -0.913. The number of aromatic nitrogens is 10. The summed E-state index contributed by atoms with van der Waals surface area (Å²) in [6.45, 7) is 9.06. The summed E-state index contributed by atoms with van der Waals surface area (Å²) in [5.41, 5.74) is 3.40. The predicted molar refractivity (Wildman–Crippen MR) is 215 cm³/mol. The first-order valence-corrected chi connectivity index (χ1v) is 20.1. The van der Waals surface area contributed by atoms with Crippen LogP contribution < -0.4 is 25.9 Å². The SMILES string of the molecule is COCc1nn2c(-[n+]3[nH]c([C@H]4C[C@@H](F)[C@@H](OC(=O)NC(C)C)C4)cc3Nc3nccn4ncc(Cl)c34)cnc(Nc3cc([C@@H]4OC[C@H](OC(=O)NC(C)C)[C@H]4F)[nH]n3)c2c1C. The Bertz CT molecular complexity index is 2560. The average molecular weight is 868 g/mol. The molecule has 8 rings (SSSR count). The number of hydrogen-bond donors (Lipinski definition) is 6. The van der Waals surface area contributed by atoms with Crippen molar-refractivity contribution < 1.29 is 42.0 Å². The monoisotopic (exact) mass is 867 g/mol. The van der Waals surface area contributed by atoms with E-state index >= 15 is 8.78 Å². The molecule has 1 aliphatic heterocycles. The first-order chi connectivity index (χ1) is 29.3. The van der Waals surface area contributed by atoms with Crippen molar-refractivity contribution in [3.05, 3.63) is 64.6 Å². The van der Waals surface area contributed by atoms with Crippen molar-refractivity contribution in [2.45, 2.75) is 103 Å². The van der Waals surface area contributed by atoms with Gasteiger partial charge in [0, 0.05) is 55.2 Å². The molecule has 0 unspecified atom stereocenters. The minimum Gasteiger partial charge on any atom is -0.443 e. The molecule has 1 saturated carbocycles. The van der Waals surface area contributed by atoms with Crippen molar-refractivity contribution in [3.8, 4) is 5.82 Å². The number of carbonyl (C=O) groups is 2. The summed E-state index contributed by atoms with van der Waals surface area (Å²) in [4.78, 5) is 33.9. The van der Waals surface area contributed by atoms with Crippen LogP contribution in [0.4, 0.5) is 41.6 Å². The molecule has 2 aliphatic rings. The Morgan fingerprint density at radius 3 is 2.48 bits per heavy atom. The van der Waals surface area contributed by atoms with Gasteiger partial charge in [0.25, 0.3) is 11.6 Å². The maximum Gasteiger partial charge on any atom is 0.407 e. The van der Waals surface area contributed by atoms with Gasteiger partial charge in [-0.05, 0) is 47.5 Å². The number of nitrogens with one attached hydrogen (secondary N) is 6. The highest BCUT2D eigenvalue weighted by Gasteiger charge is 2.43. The largest absolute Gasteiger partial charge is 0.443 e. The van der Waals surface area contributed by atoms with Crippen LogP contribution in [0.3, 0.4) is 0 Å². The molecule has 2 fully saturated rings. The van der Waals surface area contributed by atoms with Crippen LogP contribution in [0.25, 0.3) is 16.9 Å². The quantitative estimate of drug-likeness (QED) is 0.0809. The summed E-state index contributed by atoms with van der Waals surface area (Å²) in [5.74, 6) is 1.58. The molecule has 2 amide bonds. The normalized spacial score (nSPS) is 21.5. The fourth-order valence-electron chi connectivity index (χ4n) is 7.52. The molecule has 0 bridgehead atoms. The van der Waals surface area contributed by atoms with E-state index < -0.39 is 42.8 Å². The number of fused-ring (bicyclic) bond motifs is 2. The number of aromatic amines is 2. The Kier molecular flexibility index (Phi) is 11.7. The minimum absolute atomic E-state index is 0.0963. The highest BCUT2D eigenvalue weighted by molar-refractivity contribution is 6.34. The first-order valence-electron chi connectivity index (χ1n) is 19.7. The number of aryl methyl sites for hydroxylation is 1. The number of methoxy groups -OCH3 is 1. The molecule has 1 aliphatic carbocycles. The molecule has 20 nitrogen and oxygen atoms in total. The molecule has 23 heteroatoms. The van der Waals surface area contributed by atoms with Crippen molar-refractivity contribution in [3.63, 3.8) is 0 Å². The number of alkyl halides is 2. The lowest BCUT2D eigenvalue weighted by Crippen LogP contribution is -2.38. The Labute approximate surface area is 352 Å². The van der Waals surface area contributed by atoms with Crippen molar-refractivity contribution in [1.29, 1.82) is 0 Å². The number of halogens is 3. The molecule has 0 aromatic carbocycles. The van der Waals surface area contributed by atoms with Gasteiger partial charge in [-0.2, -0.15) is 10.2 Å². The van der Waals surface area contributed by atoms with Crippen LogP contribution in [0.1, 0.15) is 75.2 Å². The lowest BCUT2D eigenvalue weighted by molar-refractivity contribution is -0.646. The van der Waals surface area contributed by atoms with Crippen molar-refractivity contribution in [2.24, 2.45) is 0 Å². The molecule has 6 atom stereocenters. The van der Waals surface area contributed by atoms with Crippen LogP contribution in [0.15, 0.2) is 36.9 Å². The van der Waals surface area contributed by atoms with Crippen molar-refractivity contribution in [2.75, 3.05) is 24.4 Å². The molecular formula is C38H46ClF2N14O6+. The number of anilines is 4. The third-order valence-corrected chi connectivity index (χ3v) is 10.6. The Hall–Kier alpha value is -6.13. The molecule has 6 aromatic heterocycles. The van der Waals surface area contributed by atoms with Gasteiger partial charge in [0.2, 0.25) is 5.82 Å². The maximum absolute atomic E-state index is 15.5. The van der Waals surface area contributed by atoms with Gasteiger partial charge >= 0.3 is 12.2 Å². The van der Waals surface area contributed by atoms with E-state index in [2.05, 4.69) is 46.6 Å². The van der Waals surface area contributed by atoms with Crippen LogP contribution in [0, 0.1) is 6.92 Å². The Morgan fingerprint density at radius 1 is 1.00 bits per heavy atom.